The third kappa shape index (κ3) is 4.07. The molecule has 1 unspecified atom stereocenters. The summed E-state index contributed by atoms with van der Waals surface area (Å²) in [7, 11) is 0. The fourth-order valence-corrected chi connectivity index (χ4v) is 2.33. The minimum absolute atomic E-state index is 0.0629. The maximum atomic E-state index is 9.65. The molecule has 1 aromatic rings. The summed E-state index contributed by atoms with van der Waals surface area (Å²) >= 11 is 11.9. The summed E-state index contributed by atoms with van der Waals surface area (Å²) in [5.41, 5.74) is 0.204. The van der Waals surface area contributed by atoms with E-state index in [4.69, 9.17) is 27.9 Å². The van der Waals surface area contributed by atoms with Crippen LogP contribution in [0.2, 0.25) is 10.0 Å². The van der Waals surface area contributed by atoms with Crippen LogP contribution < -0.4 is 5.32 Å². The molecule has 0 radical (unpaired) electrons. The lowest BCUT2D eigenvalue weighted by molar-refractivity contribution is -0.0790. The highest BCUT2D eigenvalue weighted by molar-refractivity contribution is 6.42. The highest BCUT2D eigenvalue weighted by atomic mass is 35.5. The maximum Gasteiger partial charge on any atom is 0.117 e. The highest BCUT2D eigenvalue weighted by Crippen LogP contribution is 2.34. The lowest BCUT2D eigenvalue weighted by Gasteiger charge is -2.31. The Balaban J connectivity index is 0.000000861. The maximum absolute atomic E-state index is 9.65. The minimum Gasteiger partial charge on any atom is -0.393 e. The molecule has 0 aromatic heterocycles. The number of aliphatic hydroxyl groups excluding tert-OH is 1. The molecule has 0 amide bonds. The van der Waals surface area contributed by atoms with E-state index in [0.29, 0.717) is 23.1 Å². The number of rotatable bonds is 2. The molecule has 1 heterocycles. The van der Waals surface area contributed by atoms with Crippen LogP contribution in [-0.2, 0) is 10.3 Å². The molecule has 19 heavy (non-hydrogen) atoms. The molecule has 2 N–H and O–H groups in total. The van der Waals surface area contributed by atoms with Gasteiger partial charge in [-0.2, -0.15) is 0 Å². The molecule has 5 heteroatoms. The lowest BCUT2D eigenvalue weighted by atomic mass is 9.91. The Kier molecular flexibility index (Phi) is 7.11. The van der Waals surface area contributed by atoms with Gasteiger partial charge in [-0.3, -0.25) is 0 Å². The van der Waals surface area contributed by atoms with Crippen molar-refractivity contribution in [2.45, 2.75) is 25.9 Å². The molecular weight excluding hydrogens is 285 g/mol. The average molecular weight is 306 g/mol. The van der Waals surface area contributed by atoms with E-state index in [2.05, 4.69) is 5.32 Å². The van der Waals surface area contributed by atoms with Crippen LogP contribution in [0.15, 0.2) is 18.2 Å². The number of benzene rings is 1. The topological polar surface area (TPSA) is 41.5 Å². The van der Waals surface area contributed by atoms with Gasteiger partial charge in [-0.15, -0.1) is 0 Å². The SMILES string of the molecule is CC.OCC1(c2ccc(Cl)c(Cl)c2)CCNCCO1. The third-order valence-corrected chi connectivity index (χ3v) is 3.80. The van der Waals surface area contributed by atoms with Crippen LogP contribution >= 0.6 is 23.2 Å². The zero-order valence-electron chi connectivity index (χ0n) is 11.4. The molecule has 0 spiro atoms. The molecule has 108 valence electrons. The molecule has 1 atom stereocenters. The van der Waals surface area contributed by atoms with Crippen LogP contribution in [-0.4, -0.2) is 31.4 Å². The zero-order chi connectivity index (χ0) is 14.3. The highest BCUT2D eigenvalue weighted by Gasteiger charge is 2.33. The first-order valence-corrected chi connectivity index (χ1v) is 7.35. The van der Waals surface area contributed by atoms with Crippen molar-refractivity contribution in [3.63, 3.8) is 0 Å². The molecule has 0 bridgehead atoms. The van der Waals surface area contributed by atoms with Gasteiger partial charge in [0.1, 0.15) is 5.60 Å². The molecule has 0 saturated carbocycles. The number of nitrogens with one attached hydrogen (secondary N) is 1. The standard InChI is InChI=1S/C12H15Cl2NO2.C2H6/c13-10-2-1-9(7-11(10)14)12(8-16)3-4-15-5-6-17-12;1-2/h1-2,7,15-16H,3-6,8H2;1-2H3. The predicted molar refractivity (Wildman–Crippen MR) is 80.0 cm³/mol. The van der Waals surface area contributed by atoms with Gasteiger partial charge in [-0.1, -0.05) is 43.1 Å². The fourth-order valence-electron chi connectivity index (χ4n) is 2.03. The van der Waals surface area contributed by atoms with Gasteiger partial charge in [0.15, 0.2) is 0 Å². The Morgan fingerprint density at radius 2 is 2.00 bits per heavy atom. The van der Waals surface area contributed by atoms with Crippen molar-refractivity contribution in [2.24, 2.45) is 0 Å². The number of hydrogen-bond donors (Lipinski definition) is 2. The quantitative estimate of drug-likeness (QED) is 0.881. The van der Waals surface area contributed by atoms with Crippen molar-refractivity contribution in [1.29, 1.82) is 0 Å². The van der Waals surface area contributed by atoms with Crippen LogP contribution in [0.4, 0.5) is 0 Å². The van der Waals surface area contributed by atoms with Crippen molar-refractivity contribution in [3.05, 3.63) is 33.8 Å². The molecule has 1 saturated heterocycles. The molecule has 2 rings (SSSR count). The summed E-state index contributed by atoms with van der Waals surface area (Å²) in [6, 6.07) is 5.36. The van der Waals surface area contributed by atoms with E-state index in [-0.39, 0.29) is 6.61 Å². The summed E-state index contributed by atoms with van der Waals surface area (Å²) in [6.07, 6.45) is 0.710. The summed E-state index contributed by atoms with van der Waals surface area (Å²) in [6.45, 7) is 6.11. The van der Waals surface area contributed by atoms with E-state index in [0.717, 1.165) is 18.7 Å². The Bertz CT molecular complexity index is 391. The smallest absolute Gasteiger partial charge is 0.117 e. The van der Waals surface area contributed by atoms with Gasteiger partial charge in [-0.05, 0) is 30.7 Å². The van der Waals surface area contributed by atoms with Gasteiger partial charge in [0.05, 0.1) is 23.3 Å². The van der Waals surface area contributed by atoms with E-state index < -0.39 is 5.60 Å². The molecule has 0 aliphatic carbocycles. The molecule has 1 fully saturated rings. The number of halogens is 2. The van der Waals surface area contributed by atoms with Gasteiger partial charge >= 0.3 is 0 Å². The fraction of sp³-hybridized carbons (Fsp3) is 0.571. The largest absolute Gasteiger partial charge is 0.393 e. The van der Waals surface area contributed by atoms with Crippen LogP contribution in [0.1, 0.15) is 25.8 Å². The van der Waals surface area contributed by atoms with Crippen molar-refractivity contribution in [2.75, 3.05) is 26.3 Å². The first-order valence-electron chi connectivity index (χ1n) is 6.59. The minimum atomic E-state index is -0.669. The van der Waals surface area contributed by atoms with Gasteiger partial charge in [0.25, 0.3) is 0 Å². The van der Waals surface area contributed by atoms with Crippen molar-refractivity contribution < 1.29 is 9.84 Å². The van der Waals surface area contributed by atoms with Crippen LogP contribution in [0.3, 0.4) is 0 Å². The lowest BCUT2D eigenvalue weighted by Crippen LogP contribution is -2.34. The van der Waals surface area contributed by atoms with Gasteiger partial charge in [0.2, 0.25) is 0 Å². The van der Waals surface area contributed by atoms with Crippen LogP contribution in [0.5, 0.6) is 0 Å². The Morgan fingerprint density at radius 3 is 2.63 bits per heavy atom. The van der Waals surface area contributed by atoms with Crippen LogP contribution in [0, 0.1) is 0 Å². The van der Waals surface area contributed by atoms with Gasteiger partial charge in [-0.25, -0.2) is 0 Å². The van der Waals surface area contributed by atoms with Crippen LogP contribution in [0.25, 0.3) is 0 Å². The first kappa shape index (κ1) is 16.7. The predicted octanol–water partition coefficient (Wildman–Crippen LogP) is 3.22. The van der Waals surface area contributed by atoms with E-state index in [1.165, 1.54) is 0 Å². The summed E-state index contributed by atoms with van der Waals surface area (Å²) < 4.78 is 5.81. The molecule has 1 aliphatic rings. The number of aliphatic hydroxyl groups is 1. The first-order chi connectivity index (χ1) is 9.18. The second-order valence-electron chi connectivity index (χ2n) is 4.13. The second-order valence-corrected chi connectivity index (χ2v) is 4.94. The summed E-state index contributed by atoms with van der Waals surface area (Å²) in [5, 5.41) is 13.9. The van der Waals surface area contributed by atoms with Crippen molar-refractivity contribution >= 4 is 23.2 Å². The average Bonchev–Trinajstić information content (AvgIpc) is 2.70. The van der Waals surface area contributed by atoms with Crippen molar-refractivity contribution in [1.82, 2.24) is 5.32 Å². The summed E-state index contributed by atoms with van der Waals surface area (Å²) in [4.78, 5) is 0. The van der Waals surface area contributed by atoms with E-state index in [1.807, 2.05) is 19.9 Å². The normalized spacial score (nSPS) is 23.2. The Morgan fingerprint density at radius 1 is 1.26 bits per heavy atom. The number of hydrogen-bond acceptors (Lipinski definition) is 3. The van der Waals surface area contributed by atoms with E-state index >= 15 is 0 Å². The Hall–Kier alpha value is -0.320. The molecule has 1 aromatic carbocycles. The second kappa shape index (κ2) is 8.08. The number of ether oxygens (including phenoxy) is 1. The van der Waals surface area contributed by atoms with Crippen molar-refractivity contribution in [3.8, 4) is 0 Å². The van der Waals surface area contributed by atoms with Gasteiger partial charge in [0, 0.05) is 6.54 Å². The molecule has 3 nitrogen and oxygen atoms in total. The van der Waals surface area contributed by atoms with E-state index in [1.54, 1.807) is 12.1 Å². The van der Waals surface area contributed by atoms with Gasteiger partial charge < -0.3 is 15.2 Å². The zero-order valence-corrected chi connectivity index (χ0v) is 12.9. The Labute approximate surface area is 124 Å². The van der Waals surface area contributed by atoms with E-state index in [9.17, 15) is 5.11 Å². The summed E-state index contributed by atoms with van der Waals surface area (Å²) in [5.74, 6) is 0. The molecular formula is C14H21Cl2NO2. The monoisotopic (exact) mass is 305 g/mol. The third-order valence-electron chi connectivity index (χ3n) is 3.06. The molecule has 1 aliphatic heterocycles.